The Morgan fingerprint density at radius 2 is 1.59 bits per heavy atom. The Morgan fingerprint density at radius 3 is 2.27 bits per heavy atom. The number of hydrogen-bond donors (Lipinski definition) is 2. The summed E-state index contributed by atoms with van der Waals surface area (Å²) in [5.41, 5.74) is 4.84. The number of nitrogens with one attached hydrogen (secondary N) is 2. The summed E-state index contributed by atoms with van der Waals surface area (Å²) in [6, 6.07) is 29.8. The van der Waals surface area contributed by atoms with Crippen LogP contribution < -0.4 is 10.6 Å². The molecule has 0 aliphatic carbocycles. The molecule has 0 radical (unpaired) electrons. The maximum atomic E-state index is 13.5. The number of hydrogen-bond acceptors (Lipinski definition) is 6. The first-order chi connectivity index (χ1) is 21.4. The minimum atomic E-state index is -0.551. The van der Waals surface area contributed by atoms with Gasteiger partial charge in [-0.15, -0.1) is 10.2 Å². The van der Waals surface area contributed by atoms with E-state index in [0.29, 0.717) is 34.4 Å². The number of amides is 2. The predicted molar refractivity (Wildman–Crippen MR) is 169 cm³/mol. The van der Waals surface area contributed by atoms with Crippen LogP contribution in [0, 0.1) is 12.7 Å². The van der Waals surface area contributed by atoms with E-state index in [0.717, 1.165) is 22.4 Å². The molecule has 44 heavy (non-hydrogen) atoms. The average molecular weight is 610 g/mol. The summed E-state index contributed by atoms with van der Waals surface area (Å²) in [4.78, 5) is 25.3. The van der Waals surface area contributed by atoms with Gasteiger partial charge in [0.2, 0.25) is 0 Å². The number of aryl methyl sites for hydroxylation is 1. The number of rotatable bonds is 11. The highest BCUT2D eigenvalue weighted by atomic mass is 32.2. The molecule has 2 amide bonds. The maximum Gasteiger partial charge on any atom is 0.338 e. The zero-order valence-electron chi connectivity index (χ0n) is 24.4. The normalized spacial score (nSPS) is 11.5. The van der Waals surface area contributed by atoms with Gasteiger partial charge in [0, 0.05) is 23.5 Å². The zero-order valence-corrected chi connectivity index (χ0v) is 25.2. The second-order valence-corrected chi connectivity index (χ2v) is 11.0. The molecule has 4 aromatic carbocycles. The van der Waals surface area contributed by atoms with Crippen molar-refractivity contribution in [3.05, 3.63) is 137 Å². The zero-order chi connectivity index (χ0) is 30.9. The van der Waals surface area contributed by atoms with Gasteiger partial charge in [-0.05, 0) is 73.5 Å². The molecule has 5 aromatic rings. The highest BCUT2D eigenvalue weighted by Crippen LogP contribution is 2.29. The van der Waals surface area contributed by atoms with Crippen molar-refractivity contribution in [2.75, 3.05) is 11.9 Å². The Kier molecular flexibility index (Phi) is 10.0. The molecule has 1 atom stereocenters. The largest absolute Gasteiger partial charge is 0.462 e. The van der Waals surface area contributed by atoms with Crippen LogP contribution in [0.4, 0.5) is 14.9 Å². The van der Waals surface area contributed by atoms with Crippen LogP contribution in [-0.2, 0) is 16.9 Å². The Hall–Kier alpha value is -4.96. The predicted octanol–water partition coefficient (Wildman–Crippen LogP) is 7.29. The molecule has 0 bridgehead atoms. The molecule has 0 unspecified atom stereocenters. The first kappa shape index (κ1) is 30.5. The number of esters is 1. The highest BCUT2D eigenvalue weighted by molar-refractivity contribution is 7.98. The van der Waals surface area contributed by atoms with Crippen molar-refractivity contribution in [3.8, 4) is 5.69 Å². The molecule has 10 heteroatoms. The molecule has 5 rings (SSSR count). The molecule has 0 aliphatic rings. The SMILES string of the molecule is CCOC(=O)c1ccc(NC(=O)N[C@@H](Cc2ccccc2)c2nnc(SCc3ccc(F)cc3)n2-c2ccc(C)cc2)cc1. The van der Waals surface area contributed by atoms with Gasteiger partial charge in [0.15, 0.2) is 11.0 Å². The van der Waals surface area contributed by atoms with Crippen LogP contribution in [0.3, 0.4) is 0 Å². The molecule has 1 aromatic heterocycles. The van der Waals surface area contributed by atoms with Gasteiger partial charge in [-0.3, -0.25) is 4.57 Å². The summed E-state index contributed by atoms with van der Waals surface area (Å²) in [5.74, 6) is 0.414. The molecule has 224 valence electrons. The summed E-state index contributed by atoms with van der Waals surface area (Å²) < 4.78 is 20.5. The highest BCUT2D eigenvalue weighted by Gasteiger charge is 2.25. The summed E-state index contributed by atoms with van der Waals surface area (Å²) in [6.45, 7) is 4.05. The minimum absolute atomic E-state index is 0.281. The van der Waals surface area contributed by atoms with Crippen molar-refractivity contribution in [2.45, 2.75) is 37.2 Å². The number of anilines is 1. The third kappa shape index (κ3) is 7.90. The molecular formula is C34H32FN5O3S. The number of ether oxygens (including phenoxy) is 1. The molecule has 0 saturated heterocycles. The average Bonchev–Trinajstić information content (AvgIpc) is 3.46. The summed E-state index contributed by atoms with van der Waals surface area (Å²) in [5, 5.41) is 15.7. The molecule has 0 saturated carbocycles. The maximum absolute atomic E-state index is 13.5. The Balaban J connectivity index is 1.44. The van der Waals surface area contributed by atoms with Gasteiger partial charge in [0.25, 0.3) is 0 Å². The Morgan fingerprint density at radius 1 is 0.886 bits per heavy atom. The minimum Gasteiger partial charge on any atom is -0.462 e. The molecule has 2 N–H and O–H groups in total. The lowest BCUT2D eigenvalue weighted by molar-refractivity contribution is 0.0526. The van der Waals surface area contributed by atoms with E-state index in [4.69, 9.17) is 4.74 Å². The number of carbonyl (C=O) groups excluding carboxylic acids is 2. The monoisotopic (exact) mass is 609 g/mol. The smallest absolute Gasteiger partial charge is 0.338 e. The fraction of sp³-hybridized carbons (Fsp3) is 0.176. The van der Waals surface area contributed by atoms with Crippen molar-refractivity contribution in [1.29, 1.82) is 0 Å². The van der Waals surface area contributed by atoms with Crippen molar-refractivity contribution in [1.82, 2.24) is 20.1 Å². The van der Waals surface area contributed by atoms with E-state index in [9.17, 15) is 14.0 Å². The topological polar surface area (TPSA) is 98.1 Å². The van der Waals surface area contributed by atoms with E-state index in [-0.39, 0.29) is 12.4 Å². The van der Waals surface area contributed by atoms with Gasteiger partial charge in [0.05, 0.1) is 18.2 Å². The van der Waals surface area contributed by atoms with Crippen LogP contribution in [0.2, 0.25) is 0 Å². The van der Waals surface area contributed by atoms with E-state index in [1.165, 1.54) is 23.9 Å². The number of thioether (sulfide) groups is 1. The van der Waals surface area contributed by atoms with Gasteiger partial charge in [-0.2, -0.15) is 0 Å². The number of urea groups is 1. The van der Waals surface area contributed by atoms with E-state index in [1.54, 1.807) is 43.3 Å². The Labute approximate surface area is 259 Å². The lowest BCUT2D eigenvalue weighted by Crippen LogP contribution is -2.35. The number of carbonyl (C=O) groups is 2. The van der Waals surface area contributed by atoms with Crippen LogP contribution in [0.25, 0.3) is 5.69 Å². The van der Waals surface area contributed by atoms with Crippen molar-refractivity contribution >= 4 is 29.4 Å². The third-order valence-electron chi connectivity index (χ3n) is 6.79. The van der Waals surface area contributed by atoms with Crippen molar-refractivity contribution in [3.63, 3.8) is 0 Å². The fourth-order valence-corrected chi connectivity index (χ4v) is 5.47. The van der Waals surface area contributed by atoms with Crippen LogP contribution in [0.15, 0.2) is 108 Å². The number of halogens is 1. The van der Waals surface area contributed by atoms with Gasteiger partial charge in [0.1, 0.15) is 5.82 Å². The van der Waals surface area contributed by atoms with Gasteiger partial charge in [-0.25, -0.2) is 14.0 Å². The van der Waals surface area contributed by atoms with E-state index in [2.05, 4.69) is 20.8 Å². The molecule has 8 nitrogen and oxygen atoms in total. The van der Waals surface area contributed by atoms with Crippen LogP contribution in [-0.4, -0.2) is 33.4 Å². The third-order valence-corrected chi connectivity index (χ3v) is 7.79. The fourth-order valence-electron chi connectivity index (χ4n) is 4.55. The lowest BCUT2D eigenvalue weighted by atomic mass is 10.1. The lowest BCUT2D eigenvalue weighted by Gasteiger charge is -2.21. The summed E-state index contributed by atoms with van der Waals surface area (Å²) in [6.07, 6.45) is 0.461. The van der Waals surface area contributed by atoms with Gasteiger partial charge >= 0.3 is 12.0 Å². The van der Waals surface area contributed by atoms with E-state index >= 15 is 0 Å². The number of benzene rings is 4. The standard InChI is InChI=1S/C34H32FN5O3S/c1-3-43-32(41)26-13-17-28(18-14-26)36-33(42)37-30(21-24-7-5-4-6-8-24)31-38-39-34(40(31)29-19-9-23(2)10-20-29)44-22-25-11-15-27(35)16-12-25/h4-20,30H,3,21-22H2,1-2H3,(H2,36,37,42)/t30-/m0/s1. The number of aromatic nitrogens is 3. The van der Waals surface area contributed by atoms with Crippen LogP contribution >= 0.6 is 11.8 Å². The summed E-state index contributed by atoms with van der Waals surface area (Å²) >= 11 is 1.48. The van der Waals surface area contributed by atoms with Gasteiger partial charge < -0.3 is 15.4 Å². The first-order valence-corrected chi connectivity index (χ1v) is 15.2. The van der Waals surface area contributed by atoms with Gasteiger partial charge in [-0.1, -0.05) is 71.9 Å². The number of nitrogens with zero attached hydrogens (tertiary/aromatic N) is 3. The van der Waals surface area contributed by atoms with Crippen LogP contribution in [0.5, 0.6) is 0 Å². The second-order valence-electron chi connectivity index (χ2n) is 10.1. The molecule has 0 fully saturated rings. The van der Waals surface area contributed by atoms with E-state index in [1.807, 2.05) is 66.1 Å². The molecular weight excluding hydrogens is 577 g/mol. The van der Waals surface area contributed by atoms with Crippen molar-refractivity contribution < 1.29 is 18.7 Å². The van der Waals surface area contributed by atoms with Crippen molar-refractivity contribution in [2.24, 2.45) is 0 Å². The Bertz CT molecular complexity index is 1690. The van der Waals surface area contributed by atoms with E-state index < -0.39 is 18.0 Å². The molecule has 0 aliphatic heterocycles. The molecule has 1 heterocycles. The first-order valence-electron chi connectivity index (χ1n) is 14.2. The summed E-state index contributed by atoms with van der Waals surface area (Å²) in [7, 11) is 0. The second kappa shape index (κ2) is 14.5. The molecule has 0 spiro atoms. The quantitative estimate of drug-likeness (QED) is 0.121. The van der Waals surface area contributed by atoms with Crippen LogP contribution in [0.1, 0.15) is 45.8 Å².